The molecule has 1 aliphatic carbocycles. The maximum atomic E-state index is 13.8. The summed E-state index contributed by atoms with van der Waals surface area (Å²) in [6.07, 6.45) is 2.11. The summed E-state index contributed by atoms with van der Waals surface area (Å²) in [4.78, 5) is 14.1. The first kappa shape index (κ1) is 22.8. The van der Waals surface area contributed by atoms with Crippen LogP contribution in [0.5, 0.6) is 0 Å². The van der Waals surface area contributed by atoms with Gasteiger partial charge in [0, 0.05) is 26.2 Å². The normalized spacial score (nSPS) is 13.9. The lowest BCUT2D eigenvalue weighted by atomic mass is 10.2. The zero-order valence-electron chi connectivity index (χ0n) is 16.3. The van der Waals surface area contributed by atoms with Crippen LogP contribution >= 0.6 is 23.2 Å². The highest BCUT2D eigenvalue weighted by Crippen LogP contribution is 2.30. The molecule has 0 aliphatic heterocycles. The van der Waals surface area contributed by atoms with Crippen molar-refractivity contribution in [3.05, 3.63) is 57.8 Å². The fraction of sp³-hybridized carbons (Fsp3) is 0.350. The predicted molar refractivity (Wildman–Crippen MR) is 116 cm³/mol. The molecule has 0 aromatic heterocycles. The van der Waals surface area contributed by atoms with Gasteiger partial charge in [0.1, 0.15) is 10.7 Å². The van der Waals surface area contributed by atoms with Crippen molar-refractivity contribution in [2.45, 2.75) is 30.2 Å². The maximum absolute atomic E-state index is 13.8. The largest absolute Gasteiger partial charge is 0.372 e. The molecule has 0 atom stereocenters. The number of hydrogen-bond acceptors (Lipinski definition) is 4. The topological polar surface area (TPSA) is 78.5 Å². The van der Waals surface area contributed by atoms with E-state index in [1.54, 1.807) is 30.1 Å². The minimum Gasteiger partial charge on any atom is -0.372 e. The molecule has 0 bridgehead atoms. The molecule has 30 heavy (non-hydrogen) atoms. The van der Waals surface area contributed by atoms with Crippen molar-refractivity contribution in [1.82, 2.24) is 10.0 Å². The summed E-state index contributed by atoms with van der Waals surface area (Å²) in [7, 11) is -2.07. The van der Waals surface area contributed by atoms with E-state index >= 15 is 0 Å². The first-order valence-corrected chi connectivity index (χ1v) is 11.7. The summed E-state index contributed by atoms with van der Waals surface area (Å²) < 4.78 is 41.3. The van der Waals surface area contributed by atoms with Crippen molar-refractivity contribution in [2.24, 2.45) is 0 Å². The van der Waals surface area contributed by atoms with E-state index in [1.165, 1.54) is 18.2 Å². The molecular formula is C20H22Cl2FN3O3S. The monoisotopic (exact) mass is 473 g/mol. The fourth-order valence-corrected chi connectivity index (χ4v) is 5.05. The van der Waals surface area contributed by atoms with Crippen molar-refractivity contribution < 1.29 is 17.6 Å². The van der Waals surface area contributed by atoms with Gasteiger partial charge in [0.2, 0.25) is 10.0 Å². The van der Waals surface area contributed by atoms with E-state index in [9.17, 15) is 17.6 Å². The van der Waals surface area contributed by atoms with Crippen LogP contribution in [0.1, 0.15) is 29.6 Å². The smallest absolute Gasteiger partial charge is 0.252 e. The van der Waals surface area contributed by atoms with Crippen molar-refractivity contribution in [2.75, 3.05) is 25.0 Å². The number of carbonyl (C=O) groups is 1. The molecule has 0 saturated heterocycles. The number of benzene rings is 2. The van der Waals surface area contributed by atoms with Crippen LogP contribution < -0.4 is 14.9 Å². The second-order valence-electron chi connectivity index (χ2n) is 7.14. The molecule has 1 amide bonds. The van der Waals surface area contributed by atoms with Gasteiger partial charge < -0.3 is 10.2 Å². The Hall–Kier alpha value is -1.87. The lowest BCUT2D eigenvalue weighted by Gasteiger charge is -2.20. The summed E-state index contributed by atoms with van der Waals surface area (Å²) in [6.45, 7) is 0.819. The molecule has 1 fully saturated rings. The van der Waals surface area contributed by atoms with Crippen LogP contribution in [0.4, 0.5) is 10.1 Å². The first-order valence-electron chi connectivity index (χ1n) is 9.44. The highest BCUT2D eigenvalue weighted by Gasteiger charge is 2.30. The SMILES string of the molecule is CN(CCCNC(=O)c1cc(S(=O)(=O)NC2CC2)c(Cl)cc1Cl)c1ccccc1F. The molecule has 2 aromatic carbocycles. The average molecular weight is 474 g/mol. The van der Waals surface area contributed by atoms with E-state index in [2.05, 4.69) is 10.0 Å². The van der Waals surface area contributed by atoms with E-state index in [-0.39, 0.29) is 32.4 Å². The Morgan fingerprint density at radius 3 is 2.57 bits per heavy atom. The van der Waals surface area contributed by atoms with Crippen LogP contribution in [0.2, 0.25) is 10.0 Å². The third kappa shape index (κ3) is 5.63. The number of amides is 1. The van der Waals surface area contributed by atoms with Crippen molar-refractivity contribution in [3.8, 4) is 0 Å². The molecule has 10 heteroatoms. The van der Waals surface area contributed by atoms with Crippen LogP contribution in [0.15, 0.2) is 41.3 Å². The van der Waals surface area contributed by atoms with Gasteiger partial charge >= 0.3 is 0 Å². The van der Waals surface area contributed by atoms with E-state index < -0.39 is 15.9 Å². The Bertz CT molecular complexity index is 1050. The summed E-state index contributed by atoms with van der Waals surface area (Å²) in [5.41, 5.74) is 0.502. The Kier molecular flexibility index (Phi) is 7.23. The number of nitrogens with zero attached hydrogens (tertiary/aromatic N) is 1. The molecule has 0 spiro atoms. The lowest BCUT2D eigenvalue weighted by Crippen LogP contribution is -2.29. The molecule has 2 aromatic rings. The minimum atomic E-state index is -3.83. The number of para-hydroxylation sites is 1. The average Bonchev–Trinajstić information content (AvgIpc) is 3.48. The quantitative estimate of drug-likeness (QED) is 0.542. The highest BCUT2D eigenvalue weighted by molar-refractivity contribution is 7.89. The van der Waals surface area contributed by atoms with Crippen molar-refractivity contribution in [3.63, 3.8) is 0 Å². The number of anilines is 1. The Morgan fingerprint density at radius 2 is 1.90 bits per heavy atom. The van der Waals surface area contributed by atoms with Gasteiger partial charge in [0.05, 0.1) is 21.3 Å². The molecule has 0 heterocycles. The van der Waals surface area contributed by atoms with Gasteiger partial charge in [-0.15, -0.1) is 0 Å². The van der Waals surface area contributed by atoms with Crippen LogP contribution in [0.25, 0.3) is 0 Å². The van der Waals surface area contributed by atoms with Gasteiger partial charge in [0.15, 0.2) is 0 Å². The number of rotatable bonds is 9. The number of hydrogen-bond donors (Lipinski definition) is 2. The van der Waals surface area contributed by atoms with Crippen LogP contribution in [0.3, 0.4) is 0 Å². The third-order valence-electron chi connectivity index (χ3n) is 4.67. The van der Waals surface area contributed by atoms with Crippen LogP contribution in [0, 0.1) is 5.82 Å². The van der Waals surface area contributed by atoms with Crippen LogP contribution in [-0.2, 0) is 10.0 Å². The van der Waals surface area contributed by atoms with Crippen LogP contribution in [-0.4, -0.2) is 40.5 Å². The number of halogens is 3. The van der Waals surface area contributed by atoms with Gasteiger partial charge in [-0.2, -0.15) is 0 Å². The fourth-order valence-electron chi connectivity index (χ4n) is 2.89. The molecule has 0 radical (unpaired) electrons. The molecular weight excluding hydrogens is 452 g/mol. The molecule has 1 saturated carbocycles. The minimum absolute atomic E-state index is 0.0275. The van der Waals surface area contributed by atoms with E-state index in [0.29, 0.717) is 25.2 Å². The van der Waals surface area contributed by atoms with Crippen molar-refractivity contribution in [1.29, 1.82) is 0 Å². The second-order valence-corrected chi connectivity index (χ2v) is 9.64. The lowest BCUT2D eigenvalue weighted by molar-refractivity contribution is 0.0953. The standard InChI is InChI=1S/C20H22Cl2FN3O3S/c1-26(18-6-3-2-5-17(18)23)10-4-9-24-20(27)14-11-19(16(22)12-15(14)21)30(28,29)25-13-7-8-13/h2-3,5-6,11-13,25H,4,7-10H2,1H3,(H,24,27). The van der Waals surface area contributed by atoms with E-state index in [4.69, 9.17) is 23.2 Å². The zero-order valence-corrected chi connectivity index (χ0v) is 18.6. The molecule has 162 valence electrons. The maximum Gasteiger partial charge on any atom is 0.252 e. The van der Waals surface area contributed by atoms with Gasteiger partial charge in [-0.3, -0.25) is 4.79 Å². The molecule has 2 N–H and O–H groups in total. The Labute approximate surface area is 185 Å². The summed E-state index contributed by atoms with van der Waals surface area (Å²) >= 11 is 12.2. The predicted octanol–water partition coefficient (Wildman–Crippen LogP) is 3.83. The van der Waals surface area contributed by atoms with Crippen molar-refractivity contribution >= 4 is 44.8 Å². The molecule has 1 aliphatic rings. The van der Waals surface area contributed by atoms with Gasteiger partial charge in [0.25, 0.3) is 5.91 Å². The van der Waals surface area contributed by atoms with Gasteiger partial charge in [-0.05, 0) is 43.5 Å². The third-order valence-corrected chi connectivity index (χ3v) is 6.97. The highest BCUT2D eigenvalue weighted by atomic mass is 35.5. The number of carbonyl (C=O) groups excluding carboxylic acids is 1. The van der Waals surface area contributed by atoms with E-state index in [1.807, 2.05) is 0 Å². The van der Waals surface area contributed by atoms with Gasteiger partial charge in [-0.25, -0.2) is 17.5 Å². The second kappa shape index (κ2) is 9.51. The molecule has 6 nitrogen and oxygen atoms in total. The zero-order chi connectivity index (χ0) is 21.9. The Balaban J connectivity index is 1.61. The number of nitrogens with one attached hydrogen (secondary N) is 2. The molecule has 3 rings (SSSR count). The first-order chi connectivity index (χ1) is 14.2. The summed E-state index contributed by atoms with van der Waals surface area (Å²) in [5, 5.41) is 2.73. The van der Waals surface area contributed by atoms with E-state index in [0.717, 1.165) is 12.8 Å². The molecule has 0 unspecified atom stereocenters. The summed E-state index contributed by atoms with van der Waals surface area (Å²) in [5.74, 6) is -0.821. The number of sulfonamides is 1. The Morgan fingerprint density at radius 1 is 1.20 bits per heavy atom. The summed E-state index contributed by atoms with van der Waals surface area (Å²) in [6, 6.07) is 8.80. The van der Waals surface area contributed by atoms with Gasteiger partial charge in [-0.1, -0.05) is 35.3 Å².